The van der Waals surface area contributed by atoms with Crippen molar-refractivity contribution in [1.82, 2.24) is 9.80 Å². The van der Waals surface area contributed by atoms with E-state index in [-0.39, 0.29) is 6.04 Å². The summed E-state index contributed by atoms with van der Waals surface area (Å²) in [5.74, 6) is 0. The average molecular weight is 214 g/mol. The van der Waals surface area contributed by atoms with Crippen LogP contribution in [0.15, 0.2) is 0 Å². The van der Waals surface area contributed by atoms with Gasteiger partial charge in [-0.15, -0.1) is 0 Å². The number of carbonyl (C=O) groups is 1. The Morgan fingerprint density at radius 2 is 2.13 bits per heavy atom. The van der Waals surface area contributed by atoms with Gasteiger partial charge in [0, 0.05) is 19.1 Å². The van der Waals surface area contributed by atoms with Crippen LogP contribution in [0.2, 0.25) is 0 Å². The maximum absolute atomic E-state index is 10.9. The topological polar surface area (TPSA) is 43.8 Å². The molecule has 1 rings (SSSR count). The third-order valence-corrected chi connectivity index (χ3v) is 3.30. The molecule has 1 saturated heterocycles. The van der Waals surface area contributed by atoms with E-state index in [0.717, 1.165) is 45.4 Å². The van der Waals surface area contributed by atoms with Crippen molar-refractivity contribution < 1.29 is 9.90 Å². The van der Waals surface area contributed by atoms with Gasteiger partial charge in [-0.05, 0) is 32.4 Å². The van der Waals surface area contributed by atoms with Crippen LogP contribution in [0.5, 0.6) is 0 Å². The van der Waals surface area contributed by atoms with Gasteiger partial charge in [0.25, 0.3) is 0 Å². The van der Waals surface area contributed by atoms with Crippen LogP contribution in [-0.2, 0) is 0 Å². The molecule has 4 heteroatoms. The standard InChI is InChI=1S/C11H22N2O2/c1-3-12(4-2)9-7-10-6-5-8-13(10)11(14)15/h10H,3-9H2,1-2H3,(H,14,15). The Hall–Kier alpha value is -0.770. The van der Waals surface area contributed by atoms with E-state index in [1.54, 1.807) is 4.90 Å². The molecule has 1 unspecified atom stereocenters. The van der Waals surface area contributed by atoms with Gasteiger partial charge in [0.15, 0.2) is 0 Å². The molecule has 1 amide bonds. The molecule has 0 radical (unpaired) electrons. The number of rotatable bonds is 5. The fourth-order valence-electron chi connectivity index (χ4n) is 2.26. The highest BCUT2D eigenvalue weighted by molar-refractivity contribution is 5.65. The Balaban J connectivity index is 2.34. The van der Waals surface area contributed by atoms with Crippen molar-refractivity contribution in [1.29, 1.82) is 0 Å². The van der Waals surface area contributed by atoms with E-state index < -0.39 is 6.09 Å². The summed E-state index contributed by atoms with van der Waals surface area (Å²) in [5.41, 5.74) is 0. The molecule has 4 nitrogen and oxygen atoms in total. The van der Waals surface area contributed by atoms with E-state index in [1.165, 1.54) is 0 Å². The first-order valence-electron chi connectivity index (χ1n) is 5.91. The molecule has 88 valence electrons. The van der Waals surface area contributed by atoms with Crippen LogP contribution in [-0.4, -0.2) is 53.2 Å². The van der Waals surface area contributed by atoms with Crippen molar-refractivity contribution in [3.8, 4) is 0 Å². The fourth-order valence-corrected chi connectivity index (χ4v) is 2.26. The highest BCUT2D eigenvalue weighted by Gasteiger charge is 2.28. The summed E-state index contributed by atoms with van der Waals surface area (Å²) in [7, 11) is 0. The average Bonchev–Trinajstić information content (AvgIpc) is 2.67. The van der Waals surface area contributed by atoms with Crippen LogP contribution in [0.25, 0.3) is 0 Å². The molecule has 1 atom stereocenters. The van der Waals surface area contributed by atoms with Crippen molar-refractivity contribution >= 4 is 6.09 Å². The molecule has 0 bridgehead atoms. The Morgan fingerprint density at radius 3 is 2.67 bits per heavy atom. The lowest BCUT2D eigenvalue weighted by Crippen LogP contribution is -2.37. The van der Waals surface area contributed by atoms with Crippen molar-refractivity contribution in [3.05, 3.63) is 0 Å². The Morgan fingerprint density at radius 1 is 1.47 bits per heavy atom. The number of hydrogen-bond acceptors (Lipinski definition) is 2. The number of carboxylic acid groups (broad SMARTS) is 1. The first kappa shape index (κ1) is 12.3. The minimum atomic E-state index is -0.753. The van der Waals surface area contributed by atoms with Crippen LogP contribution in [0.4, 0.5) is 4.79 Å². The van der Waals surface area contributed by atoms with E-state index in [0.29, 0.717) is 0 Å². The minimum Gasteiger partial charge on any atom is -0.465 e. The predicted octanol–water partition coefficient (Wildman–Crippen LogP) is 1.86. The number of amides is 1. The summed E-state index contributed by atoms with van der Waals surface area (Å²) in [5, 5.41) is 8.98. The molecular formula is C11H22N2O2. The monoisotopic (exact) mass is 214 g/mol. The molecule has 0 aromatic heterocycles. The normalized spacial score (nSPS) is 21.3. The number of hydrogen-bond donors (Lipinski definition) is 1. The van der Waals surface area contributed by atoms with Crippen molar-refractivity contribution in [2.24, 2.45) is 0 Å². The molecule has 1 aliphatic heterocycles. The predicted molar refractivity (Wildman–Crippen MR) is 60.2 cm³/mol. The lowest BCUT2D eigenvalue weighted by molar-refractivity contribution is 0.134. The quantitative estimate of drug-likeness (QED) is 0.759. The first-order valence-corrected chi connectivity index (χ1v) is 5.91. The Kier molecular flexibility index (Phi) is 4.88. The molecule has 0 aromatic rings. The van der Waals surface area contributed by atoms with Crippen molar-refractivity contribution in [2.75, 3.05) is 26.2 Å². The summed E-state index contributed by atoms with van der Waals surface area (Å²) in [6.07, 6.45) is 2.29. The van der Waals surface area contributed by atoms with Crippen LogP contribution >= 0.6 is 0 Å². The summed E-state index contributed by atoms with van der Waals surface area (Å²) in [6.45, 7) is 8.13. The number of nitrogens with zero attached hydrogens (tertiary/aromatic N) is 2. The van der Waals surface area contributed by atoms with Gasteiger partial charge in [-0.3, -0.25) is 0 Å². The zero-order valence-electron chi connectivity index (χ0n) is 9.78. The van der Waals surface area contributed by atoms with E-state index in [2.05, 4.69) is 18.7 Å². The molecule has 1 fully saturated rings. The second-order valence-corrected chi connectivity index (χ2v) is 4.09. The van der Waals surface area contributed by atoms with Crippen molar-refractivity contribution in [2.45, 2.75) is 39.2 Å². The van der Waals surface area contributed by atoms with Crippen LogP contribution < -0.4 is 0 Å². The highest BCUT2D eigenvalue weighted by atomic mass is 16.4. The van der Waals surface area contributed by atoms with Gasteiger partial charge in [0.05, 0.1) is 0 Å². The van der Waals surface area contributed by atoms with Gasteiger partial charge < -0.3 is 14.9 Å². The van der Waals surface area contributed by atoms with E-state index in [9.17, 15) is 4.79 Å². The molecular weight excluding hydrogens is 192 g/mol. The highest BCUT2D eigenvalue weighted by Crippen LogP contribution is 2.20. The Labute approximate surface area is 91.9 Å². The number of likely N-dealkylation sites (tertiary alicyclic amines) is 1. The molecule has 1 aliphatic rings. The molecule has 1 N–H and O–H groups in total. The smallest absolute Gasteiger partial charge is 0.407 e. The maximum atomic E-state index is 10.9. The van der Waals surface area contributed by atoms with Crippen LogP contribution in [0, 0.1) is 0 Å². The summed E-state index contributed by atoms with van der Waals surface area (Å²) < 4.78 is 0. The molecule has 0 saturated carbocycles. The maximum Gasteiger partial charge on any atom is 0.407 e. The molecule has 0 spiro atoms. The van der Waals surface area contributed by atoms with E-state index >= 15 is 0 Å². The second kappa shape index (κ2) is 5.95. The van der Waals surface area contributed by atoms with Gasteiger partial charge in [0.1, 0.15) is 0 Å². The zero-order valence-corrected chi connectivity index (χ0v) is 9.78. The fraction of sp³-hybridized carbons (Fsp3) is 0.909. The summed E-state index contributed by atoms with van der Waals surface area (Å²) >= 11 is 0. The molecule has 15 heavy (non-hydrogen) atoms. The second-order valence-electron chi connectivity index (χ2n) is 4.09. The van der Waals surface area contributed by atoms with Crippen LogP contribution in [0.3, 0.4) is 0 Å². The third kappa shape index (κ3) is 3.38. The molecule has 0 aromatic carbocycles. The minimum absolute atomic E-state index is 0.253. The summed E-state index contributed by atoms with van der Waals surface area (Å²) in [6, 6.07) is 0.253. The van der Waals surface area contributed by atoms with Crippen molar-refractivity contribution in [3.63, 3.8) is 0 Å². The van der Waals surface area contributed by atoms with Gasteiger partial charge in [-0.1, -0.05) is 13.8 Å². The molecule has 1 heterocycles. The van der Waals surface area contributed by atoms with E-state index in [4.69, 9.17) is 5.11 Å². The van der Waals surface area contributed by atoms with Crippen LogP contribution in [0.1, 0.15) is 33.1 Å². The van der Waals surface area contributed by atoms with Gasteiger partial charge >= 0.3 is 6.09 Å². The van der Waals surface area contributed by atoms with Gasteiger partial charge in [-0.25, -0.2) is 4.79 Å². The lowest BCUT2D eigenvalue weighted by Gasteiger charge is -2.25. The summed E-state index contributed by atoms with van der Waals surface area (Å²) in [4.78, 5) is 14.9. The lowest BCUT2D eigenvalue weighted by atomic mass is 10.1. The first-order chi connectivity index (χ1) is 7.19. The van der Waals surface area contributed by atoms with E-state index in [1.807, 2.05) is 0 Å². The van der Waals surface area contributed by atoms with Gasteiger partial charge in [-0.2, -0.15) is 0 Å². The SMILES string of the molecule is CCN(CC)CCC1CCCN1C(=O)O. The molecule has 0 aliphatic carbocycles. The Bertz CT molecular complexity index is 205. The third-order valence-electron chi connectivity index (χ3n) is 3.30. The zero-order chi connectivity index (χ0) is 11.3. The van der Waals surface area contributed by atoms with Gasteiger partial charge in [0.2, 0.25) is 0 Å². The largest absolute Gasteiger partial charge is 0.465 e.